The van der Waals surface area contributed by atoms with E-state index in [4.69, 9.17) is 14.5 Å². The predicted molar refractivity (Wildman–Crippen MR) is 137 cm³/mol. The zero-order valence-corrected chi connectivity index (χ0v) is 21.2. The molecule has 0 atom stereocenters. The van der Waals surface area contributed by atoms with Gasteiger partial charge in [0.1, 0.15) is 12.4 Å². The van der Waals surface area contributed by atoms with Crippen molar-refractivity contribution in [2.24, 2.45) is 10.9 Å². The number of hydrazine groups is 1. The minimum absolute atomic E-state index is 0.210. The van der Waals surface area contributed by atoms with Crippen molar-refractivity contribution in [2.75, 3.05) is 33.4 Å². The molecular weight excluding hydrogens is 445 g/mol. The SMILES string of the molecule is COc1cc(/C=C2\OCCN3C2=NCCCN3/C(=C/C=C(\C)F)C(C)C)ccc1-n1cnc(C)c1. The highest BCUT2D eigenvalue weighted by atomic mass is 19.1. The zero-order chi connectivity index (χ0) is 24.9. The van der Waals surface area contributed by atoms with Gasteiger partial charge in [0.2, 0.25) is 0 Å². The molecule has 0 radical (unpaired) electrons. The van der Waals surface area contributed by atoms with E-state index in [0.717, 1.165) is 53.0 Å². The maximum absolute atomic E-state index is 13.5. The smallest absolute Gasteiger partial charge is 0.185 e. The predicted octanol–water partition coefficient (Wildman–Crippen LogP) is 5.29. The molecule has 7 nitrogen and oxygen atoms in total. The van der Waals surface area contributed by atoms with Gasteiger partial charge in [-0.3, -0.25) is 15.0 Å². The van der Waals surface area contributed by atoms with E-state index in [1.165, 1.54) is 13.0 Å². The summed E-state index contributed by atoms with van der Waals surface area (Å²) in [7, 11) is 1.67. The molecule has 0 N–H and O–H groups in total. The fourth-order valence-electron chi connectivity index (χ4n) is 4.31. The summed E-state index contributed by atoms with van der Waals surface area (Å²) >= 11 is 0. The molecule has 2 aliphatic rings. The summed E-state index contributed by atoms with van der Waals surface area (Å²) in [6.45, 7) is 10.4. The van der Waals surface area contributed by atoms with E-state index in [1.807, 2.05) is 48.0 Å². The van der Waals surface area contributed by atoms with E-state index < -0.39 is 0 Å². The van der Waals surface area contributed by atoms with Gasteiger partial charge in [0, 0.05) is 25.0 Å². The van der Waals surface area contributed by atoms with E-state index in [0.29, 0.717) is 19.7 Å². The zero-order valence-electron chi connectivity index (χ0n) is 21.2. The van der Waals surface area contributed by atoms with Crippen LogP contribution in [0.3, 0.4) is 0 Å². The van der Waals surface area contributed by atoms with Gasteiger partial charge in [0.05, 0.1) is 37.2 Å². The highest BCUT2D eigenvalue weighted by Gasteiger charge is 2.31. The molecule has 2 aromatic rings. The largest absolute Gasteiger partial charge is 0.495 e. The van der Waals surface area contributed by atoms with Gasteiger partial charge < -0.3 is 14.0 Å². The Morgan fingerprint density at radius 1 is 1.23 bits per heavy atom. The first-order valence-corrected chi connectivity index (χ1v) is 12.0. The molecule has 0 saturated carbocycles. The fourth-order valence-corrected chi connectivity index (χ4v) is 4.31. The number of nitrogens with zero attached hydrogens (tertiary/aromatic N) is 5. The van der Waals surface area contributed by atoms with Gasteiger partial charge >= 0.3 is 0 Å². The third-order valence-corrected chi connectivity index (χ3v) is 5.97. The second-order valence-electron chi connectivity index (χ2n) is 9.02. The lowest BCUT2D eigenvalue weighted by molar-refractivity contribution is 0.0324. The average molecular weight is 480 g/mol. The Bertz CT molecular complexity index is 1170. The van der Waals surface area contributed by atoms with Crippen LogP contribution in [0.1, 0.15) is 38.4 Å². The van der Waals surface area contributed by atoms with Crippen molar-refractivity contribution in [3.05, 3.63) is 71.4 Å². The molecule has 8 heteroatoms. The Labute approximate surface area is 206 Å². The highest BCUT2D eigenvalue weighted by molar-refractivity contribution is 6.00. The van der Waals surface area contributed by atoms with E-state index >= 15 is 0 Å². The normalized spacial score (nSPS) is 18.4. The number of aliphatic imine (C=N–C) groups is 1. The quantitative estimate of drug-likeness (QED) is 0.527. The van der Waals surface area contributed by atoms with E-state index in [-0.39, 0.29) is 11.7 Å². The third-order valence-electron chi connectivity index (χ3n) is 5.97. The van der Waals surface area contributed by atoms with Crippen LogP contribution < -0.4 is 4.74 Å². The molecule has 1 saturated heterocycles. The minimum atomic E-state index is -0.210. The van der Waals surface area contributed by atoms with Crippen LogP contribution in [0.15, 0.2) is 65.2 Å². The number of hydrogen-bond donors (Lipinski definition) is 0. The second-order valence-corrected chi connectivity index (χ2v) is 9.02. The molecule has 2 aliphatic heterocycles. The highest BCUT2D eigenvalue weighted by Crippen LogP contribution is 2.29. The maximum Gasteiger partial charge on any atom is 0.185 e. The number of halogens is 1. The van der Waals surface area contributed by atoms with Crippen LogP contribution in [0, 0.1) is 12.8 Å². The molecule has 0 bridgehead atoms. The van der Waals surface area contributed by atoms with E-state index in [2.05, 4.69) is 28.8 Å². The Hall–Kier alpha value is -3.55. The molecule has 35 heavy (non-hydrogen) atoms. The summed E-state index contributed by atoms with van der Waals surface area (Å²) in [6.07, 6.45) is 10.1. The van der Waals surface area contributed by atoms with Crippen LogP contribution in [0.25, 0.3) is 11.8 Å². The van der Waals surface area contributed by atoms with Gasteiger partial charge in [0.15, 0.2) is 11.6 Å². The van der Waals surface area contributed by atoms with Crippen LogP contribution in [-0.2, 0) is 4.74 Å². The number of benzene rings is 1. The number of ether oxygens (including phenoxy) is 2. The van der Waals surface area contributed by atoms with Crippen molar-refractivity contribution in [1.82, 2.24) is 19.6 Å². The van der Waals surface area contributed by atoms with Crippen LogP contribution in [-0.4, -0.2) is 58.8 Å². The van der Waals surface area contributed by atoms with E-state index in [1.54, 1.807) is 13.4 Å². The van der Waals surface area contributed by atoms with Crippen molar-refractivity contribution in [3.8, 4) is 11.4 Å². The number of methoxy groups -OCH3 is 1. The summed E-state index contributed by atoms with van der Waals surface area (Å²) in [4.78, 5) is 9.18. The molecule has 186 valence electrons. The molecule has 0 aliphatic carbocycles. The van der Waals surface area contributed by atoms with Gasteiger partial charge in [0.25, 0.3) is 0 Å². The van der Waals surface area contributed by atoms with Gasteiger partial charge in [-0.2, -0.15) is 0 Å². The van der Waals surface area contributed by atoms with Crippen molar-refractivity contribution in [1.29, 1.82) is 0 Å². The van der Waals surface area contributed by atoms with Crippen molar-refractivity contribution < 1.29 is 13.9 Å². The van der Waals surface area contributed by atoms with E-state index in [9.17, 15) is 4.39 Å². The molecule has 0 unspecified atom stereocenters. The summed E-state index contributed by atoms with van der Waals surface area (Å²) in [6, 6.07) is 6.04. The Kier molecular flexibility index (Phi) is 7.58. The van der Waals surface area contributed by atoms with Crippen molar-refractivity contribution >= 4 is 11.9 Å². The van der Waals surface area contributed by atoms with Crippen molar-refractivity contribution in [2.45, 2.75) is 34.1 Å². The monoisotopic (exact) mass is 479 g/mol. The molecule has 0 spiro atoms. The van der Waals surface area contributed by atoms with Gasteiger partial charge in [-0.1, -0.05) is 19.9 Å². The number of imidazole rings is 1. The first kappa shape index (κ1) is 24.6. The number of fused-ring (bicyclic) bond motifs is 1. The lowest BCUT2D eigenvalue weighted by Crippen LogP contribution is -2.51. The van der Waals surface area contributed by atoms with Crippen LogP contribution >= 0.6 is 0 Å². The van der Waals surface area contributed by atoms with Gasteiger partial charge in [-0.05, 0) is 62.1 Å². The molecule has 0 amide bonds. The molecule has 4 rings (SSSR count). The number of aromatic nitrogens is 2. The molecule has 1 aromatic carbocycles. The average Bonchev–Trinajstić information content (AvgIpc) is 3.14. The molecule has 3 heterocycles. The minimum Gasteiger partial charge on any atom is -0.495 e. The summed E-state index contributed by atoms with van der Waals surface area (Å²) in [5, 5.41) is 4.41. The molecule has 1 fully saturated rings. The Morgan fingerprint density at radius 2 is 2.06 bits per heavy atom. The van der Waals surface area contributed by atoms with Crippen molar-refractivity contribution in [3.63, 3.8) is 0 Å². The lowest BCUT2D eigenvalue weighted by atomic mass is 10.1. The number of aryl methyl sites for hydroxylation is 1. The first-order valence-electron chi connectivity index (χ1n) is 12.0. The number of allylic oxidation sites excluding steroid dienone is 4. The summed E-state index contributed by atoms with van der Waals surface area (Å²) in [5.41, 5.74) is 3.87. The second kappa shape index (κ2) is 10.8. The topological polar surface area (TPSA) is 55.1 Å². The third kappa shape index (κ3) is 5.58. The van der Waals surface area contributed by atoms with Crippen LogP contribution in [0.4, 0.5) is 4.39 Å². The summed E-state index contributed by atoms with van der Waals surface area (Å²) in [5.74, 6) is 2.28. The maximum atomic E-state index is 13.5. The van der Waals surface area contributed by atoms with Crippen LogP contribution in [0.2, 0.25) is 0 Å². The fraction of sp³-hybridized carbons (Fsp3) is 0.407. The number of rotatable bonds is 6. The molecule has 1 aromatic heterocycles. The van der Waals surface area contributed by atoms with Gasteiger partial charge in [-0.25, -0.2) is 9.37 Å². The summed E-state index contributed by atoms with van der Waals surface area (Å²) < 4.78 is 27.3. The standard InChI is InChI=1S/C27H34FN5O2/c1-19(2)23(9-7-20(3)28)32-12-6-11-29-27-26(35-14-13-33(27)32)16-22-8-10-24(25(15-22)34-5)31-17-21(4)30-18-31/h7-10,15-19H,6,11-14H2,1-5H3/b20-7+,23-9+,26-16-. The van der Waals surface area contributed by atoms with Crippen LogP contribution in [0.5, 0.6) is 5.75 Å². The molecular formula is C27H34FN5O2. The Morgan fingerprint density at radius 3 is 2.74 bits per heavy atom. The first-order chi connectivity index (χ1) is 16.9. The van der Waals surface area contributed by atoms with Gasteiger partial charge in [-0.15, -0.1) is 0 Å². The Balaban J connectivity index is 1.67. The number of hydrogen-bond acceptors (Lipinski definition) is 6. The number of amidine groups is 1. The number of morpholine rings is 1. The lowest BCUT2D eigenvalue weighted by Gasteiger charge is -2.42.